The summed E-state index contributed by atoms with van der Waals surface area (Å²) in [5.74, 6) is 0. The van der Waals surface area contributed by atoms with Crippen LogP contribution in [0.15, 0.2) is 41.4 Å². The second-order valence-corrected chi connectivity index (χ2v) is 8.51. The Morgan fingerprint density at radius 1 is 1.00 bits per heavy atom. The molecule has 0 spiro atoms. The minimum Gasteiger partial charge on any atom is -0.369 e. The Balaban J connectivity index is 1.54. The monoisotopic (exact) mass is 431 g/mol. The average Bonchev–Trinajstić information content (AvgIpc) is 2.71. The van der Waals surface area contributed by atoms with Gasteiger partial charge in [0, 0.05) is 51.0 Å². The molecule has 1 unspecified atom stereocenters. The normalized spacial score (nSPS) is 20.2. The molecule has 1 fully saturated rings. The molecule has 0 aromatic heterocycles. The van der Waals surface area contributed by atoms with Crippen LogP contribution in [0.1, 0.15) is 12.0 Å². The van der Waals surface area contributed by atoms with Gasteiger partial charge in [0.05, 0.1) is 21.4 Å². The van der Waals surface area contributed by atoms with Crippen molar-refractivity contribution < 1.29 is 0 Å². The maximum atomic E-state index is 6.66. The van der Waals surface area contributed by atoms with Gasteiger partial charge in [0.15, 0.2) is 6.29 Å². The number of likely N-dealkylation sites (N-methyl/N-ethyl adjacent to an activating group) is 1. The molecule has 2 heterocycles. The van der Waals surface area contributed by atoms with Gasteiger partial charge in [0.2, 0.25) is 0 Å². The summed E-state index contributed by atoms with van der Waals surface area (Å²) in [7, 11) is 2.16. The summed E-state index contributed by atoms with van der Waals surface area (Å²) in [6, 6.07) is 12.2. The van der Waals surface area contributed by atoms with Crippen LogP contribution >= 0.6 is 23.2 Å². The highest BCUT2D eigenvalue weighted by Crippen LogP contribution is 2.34. The van der Waals surface area contributed by atoms with Gasteiger partial charge in [0.25, 0.3) is 0 Å². The molecule has 0 radical (unpaired) electrons. The third kappa shape index (κ3) is 4.47. The molecule has 0 amide bonds. The zero-order chi connectivity index (χ0) is 20.4. The zero-order valence-electron chi connectivity index (χ0n) is 16.9. The lowest BCUT2D eigenvalue weighted by Gasteiger charge is -2.36. The molecule has 154 valence electrons. The average molecular weight is 432 g/mol. The van der Waals surface area contributed by atoms with Gasteiger partial charge in [-0.15, -0.1) is 0 Å². The maximum Gasteiger partial charge on any atom is 0.196 e. The summed E-state index contributed by atoms with van der Waals surface area (Å²) < 4.78 is 0. The summed E-state index contributed by atoms with van der Waals surface area (Å²) in [6.45, 7) is 7.11. The fourth-order valence-electron chi connectivity index (χ4n) is 3.93. The van der Waals surface area contributed by atoms with Gasteiger partial charge in [-0.25, -0.2) is 0 Å². The quantitative estimate of drug-likeness (QED) is 0.758. The van der Waals surface area contributed by atoms with Gasteiger partial charge in [-0.1, -0.05) is 35.3 Å². The number of nitrogens with one attached hydrogen (secondary N) is 1. The highest BCUT2D eigenvalue weighted by atomic mass is 35.5. The van der Waals surface area contributed by atoms with Crippen molar-refractivity contribution >= 4 is 46.5 Å². The number of benzene rings is 2. The van der Waals surface area contributed by atoms with Crippen molar-refractivity contribution in [1.29, 1.82) is 0 Å². The van der Waals surface area contributed by atoms with Crippen LogP contribution in [0.2, 0.25) is 10.0 Å². The number of anilines is 3. The summed E-state index contributed by atoms with van der Waals surface area (Å²) in [5, 5.41) is 4.95. The van der Waals surface area contributed by atoms with Crippen LogP contribution in [0.25, 0.3) is 0 Å². The standard InChI is InChI=1S/C22H27Cl2N5/c1-16-5-3-6-18(23)21(16)29-10-4-9-25-22(29)26-20-8-7-17(15-19(20)24)28-13-11-27(2)12-14-28/h3,5-9,15,22,26H,4,10-14H2,1-2H3. The number of rotatable bonds is 4. The third-order valence-electron chi connectivity index (χ3n) is 5.62. The molecule has 1 N–H and O–H groups in total. The second-order valence-electron chi connectivity index (χ2n) is 7.69. The van der Waals surface area contributed by atoms with Crippen molar-refractivity contribution in [3.8, 4) is 0 Å². The summed E-state index contributed by atoms with van der Waals surface area (Å²) >= 11 is 13.2. The Morgan fingerprint density at radius 3 is 2.52 bits per heavy atom. The molecule has 7 heteroatoms. The molecule has 2 aromatic rings. The number of halogens is 2. The zero-order valence-corrected chi connectivity index (χ0v) is 18.4. The van der Waals surface area contributed by atoms with Crippen molar-refractivity contribution in [1.82, 2.24) is 4.90 Å². The fraction of sp³-hybridized carbons (Fsp3) is 0.409. The van der Waals surface area contributed by atoms with E-state index >= 15 is 0 Å². The Labute approximate surface area is 182 Å². The van der Waals surface area contributed by atoms with Crippen molar-refractivity contribution in [2.24, 2.45) is 4.99 Å². The van der Waals surface area contributed by atoms with E-state index in [-0.39, 0.29) is 6.29 Å². The predicted octanol–water partition coefficient (Wildman–Crippen LogP) is 4.73. The molecule has 4 rings (SSSR count). The summed E-state index contributed by atoms with van der Waals surface area (Å²) in [4.78, 5) is 11.6. The number of hydrogen-bond acceptors (Lipinski definition) is 5. The molecule has 0 aliphatic carbocycles. The van der Waals surface area contributed by atoms with Crippen LogP contribution in [0.3, 0.4) is 0 Å². The van der Waals surface area contributed by atoms with Gasteiger partial charge < -0.3 is 20.0 Å². The molecular weight excluding hydrogens is 405 g/mol. The Bertz CT molecular complexity index is 873. The number of aryl methyl sites for hydroxylation is 1. The Morgan fingerprint density at radius 2 is 1.79 bits per heavy atom. The number of aliphatic imine (C=N–C) groups is 1. The van der Waals surface area contributed by atoms with Gasteiger partial charge in [-0.3, -0.25) is 4.99 Å². The van der Waals surface area contributed by atoms with E-state index in [0.29, 0.717) is 5.02 Å². The van der Waals surface area contributed by atoms with Crippen molar-refractivity contribution in [3.05, 3.63) is 52.0 Å². The molecule has 0 saturated carbocycles. The first-order valence-electron chi connectivity index (χ1n) is 10.1. The van der Waals surface area contributed by atoms with Gasteiger partial charge in [0.1, 0.15) is 0 Å². The first kappa shape index (κ1) is 20.3. The minimum absolute atomic E-state index is 0.241. The molecule has 1 atom stereocenters. The Hall–Kier alpha value is -1.95. The van der Waals surface area contributed by atoms with Crippen LogP contribution in [0.4, 0.5) is 17.1 Å². The molecule has 0 bridgehead atoms. The van der Waals surface area contributed by atoms with Crippen LogP contribution in [0.5, 0.6) is 0 Å². The van der Waals surface area contributed by atoms with Crippen LogP contribution in [-0.4, -0.2) is 57.2 Å². The summed E-state index contributed by atoms with van der Waals surface area (Å²) in [6.07, 6.45) is 2.61. The molecule has 1 saturated heterocycles. The molecule has 2 aromatic carbocycles. The molecular formula is C22H27Cl2N5. The maximum absolute atomic E-state index is 6.66. The lowest BCUT2D eigenvalue weighted by atomic mass is 10.1. The van der Waals surface area contributed by atoms with E-state index in [1.54, 1.807) is 0 Å². The number of nitrogens with zero attached hydrogens (tertiary/aromatic N) is 4. The van der Waals surface area contributed by atoms with E-state index in [0.717, 1.165) is 61.1 Å². The SMILES string of the molecule is Cc1cccc(Cl)c1N1CCC=NC1Nc1ccc(N2CCN(C)CC2)cc1Cl. The van der Waals surface area contributed by atoms with E-state index in [9.17, 15) is 0 Å². The first-order chi connectivity index (χ1) is 14.0. The molecule has 29 heavy (non-hydrogen) atoms. The van der Waals surface area contributed by atoms with Crippen LogP contribution in [0, 0.1) is 6.92 Å². The van der Waals surface area contributed by atoms with E-state index in [4.69, 9.17) is 23.2 Å². The van der Waals surface area contributed by atoms with Crippen molar-refractivity contribution in [3.63, 3.8) is 0 Å². The molecule has 2 aliphatic heterocycles. The van der Waals surface area contributed by atoms with Crippen LogP contribution < -0.4 is 15.1 Å². The van der Waals surface area contributed by atoms with Gasteiger partial charge in [-0.05, 0) is 43.8 Å². The van der Waals surface area contributed by atoms with E-state index in [1.807, 2.05) is 24.4 Å². The fourth-order valence-corrected chi connectivity index (χ4v) is 4.49. The predicted molar refractivity (Wildman–Crippen MR) is 125 cm³/mol. The van der Waals surface area contributed by atoms with Gasteiger partial charge in [-0.2, -0.15) is 0 Å². The molecule has 2 aliphatic rings. The van der Waals surface area contributed by atoms with Gasteiger partial charge >= 0.3 is 0 Å². The topological polar surface area (TPSA) is 34.1 Å². The number of piperazine rings is 1. The third-order valence-corrected chi connectivity index (χ3v) is 6.24. The number of hydrogen-bond donors (Lipinski definition) is 1. The molecule has 5 nitrogen and oxygen atoms in total. The lowest BCUT2D eigenvalue weighted by Crippen LogP contribution is -2.44. The van der Waals surface area contributed by atoms with E-state index in [2.05, 4.69) is 57.2 Å². The highest BCUT2D eigenvalue weighted by Gasteiger charge is 2.24. The van der Waals surface area contributed by atoms with Crippen LogP contribution in [-0.2, 0) is 0 Å². The second kappa shape index (κ2) is 8.82. The largest absolute Gasteiger partial charge is 0.369 e. The van der Waals surface area contributed by atoms with E-state index < -0.39 is 0 Å². The van der Waals surface area contributed by atoms with Crippen molar-refractivity contribution in [2.45, 2.75) is 19.6 Å². The first-order valence-corrected chi connectivity index (χ1v) is 10.8. The highest BCUT2D eigenvalue weighted by molar-refractivity contribution is 6.34. The lowest BCUT2D eigenvalue weighted by molar-refractivity contribution is 0.313. The smallest absolute Gasteiger partial charge is 0.196 e. The van der Waals surface area contributed by atoms with Crippen molar-refractivity contribution in [2.75, 3.05) is 54.9 Å². The number of para-hydroxylation sites is 1. The van der Waals surface area contributed by atoms with E-state index in [1.165, 1.54) is 5.69 Å². The minimum atomic E-state index is -0.241. The Kier molecular flexibility index (Phi) is 6.18. The summed E-state index contributed by atoms with van der Waals surface area (Å²) in [5.41, 5.74) is 4.20.